The molecule has 7 rings (SSSR count). The molecule has 4 saturated heterocycles. The summed E-state index contributed by atoms with van der Waals surface area (Å²) in [5.74, 6) is -3.86. The normalized spacial score (nSPS) is 28.3. The number of aliphatic hydroxyl groups excluding tert-OH is 1. The van der Waals surface area contributed by atoms with Crippen LogP contribution in [-0.2, 0) is 65.5 Å². The number of esters is 3. The number of fused-ring (bicyclic) bond motifs is 4. The molecule has 2 amide bonds. The average molecular weight is 874 g/mol. The highest BCUT2D eigenvalue weighted by Gasteiger charge is 2.76. The molecule has 1 saturated carbocycles. The highest BCUT2D eigenvalue weighted by Crippen LogP contribution is 2.58. The number of nitrogens with zero attached hydrogens (tertiary/aromatic N) is 2. The standard InChI is InChI=1S/C48H63N3O12/c1-6-8-15-23-47(24-16-9-7-2)61-37-35-28-48(45(57)50(5)34(42(54)49-25-26-52)27-31-17-11-10-12-18-31)39(43(55)59-35)51(63-40(48)38(37)62-47)29-33-20-14-13-19-32(33)21-22-36(53)60-41-44(56)58-30-46(41,3)4/h10-14,17-22,34-35,37-41,52H,6-9,15-16,23-30H2,1-5H3,(H,49,54)/t34-,35?,37+,38+,39+,40-,41+,48?/m1/s1. The molecule has 0 radical (unpaired) electrons. The molecule has 0 spiro atoms. The number of carbonyl (C=O) groups is 5. The fraction of sp³-hybridized carbons (Fsp3) is 0.604. The molecule has 2 aromatic carbocycles. The van der Waals surface area contributed by atoms with Crippen LogP contribution in [0.1, 0.15) is 102 Å². The van der Waals surface area contributed by atoms with E-state index in [1.807, 2.05) is 42.5 Å². The van der Waals surface area contributed by atoms with Gasteiger partial charge in [-0.2, -0.15) is 5.06 Å². The van der Waals surface area contributed by atoms with Gasteiger partial charge in [-0.25, -0.2) is 9.59 Å². The highest BCUT2D eigenvalue weighted by atomic mass is 16.8. The van der Waals surface area contributed by atoms with Crippen LogP contribution in [-0.4, -0.2) is 120 Å². The van der Waals surface area contributed by atoms with Crippen LogP contribution in [0.3, 0.4) is 0 Å². The van der Waals surface area contributed by atoms with E-state index in [9.17, 15) is 24.3 Å². The van der Waals surface area contributed by atoms with Crippen LogP contribution in [0.5, 0.6) is 0 Å². The number of likely N-dealkylation sites (N-methyl/N-ethyl adjacent to an activating group) is 1. The smallest absolute Gasteiger partial charge is 0.348 e. The van der Waals surface area contributed by atoms with Crippen molar-refractivity contribution in [3.05, 3.63) is 77.4 Å². The zero-order valence-corrected chi connectivity index (χ0v) is 37.1. The minimum Gasteiger partial charge on any atom is -0.462 e. The number of hydrogen-bond donors (Lipinski definition) is 2. The van der Waals surface area contributed by atoms with Gasteiger partial charge in [0, 0.05) is 50.8 Å². The van der Waals surface area contributed by atoms with Crippen LogP contribution in [0.2, 0.25) is 0 Å². The first kappa shape index (κ1) is 46.3. The van der Waals surface area contributed by atoms with E-state index >= 15 is 4.79 Å². The largest absolute Gasteiger partial charge is 0.462 e. The van der Waals surface area contributed by atoms with Crippen molar-refractivity contribution in [1.29, 1.82) is 0 Å². The second-order valence-corrected chi connectivity index (χ2v) is 18.3. The molecule has 2 N–H and O–H groups in total. The Kier molecular flexibility index (Phi) is 14.4. The van der Waals surface area contributed by atoms with Gasteiger partial charge in [0.25, 0.3) is 0 Å². The van der Waals surface area contributed by atoms with Crippen LogP contribution >= 0.6 is 0 Å². The summed E-state index contributed by atoms with van der Waals surface area (Å²) in [5, 5.41) is 13.9. The van der Waals surface area contributed by atoms with Crippen molar-refractivity contribution in [2.45, 2.75) is 147 Å². The number of hydrogen-bond acceptors (Lipinski definition) is 13. The lowest BCUT2D eigenvalue weighted by Gasteiger charge is -2.50. The predicted molar refractivity (Wildman–Crippen MR) is 229 cm³/mol. The Morgan fingerprint density at radius 2 is 1.63 bits per heavy atom. The molecule has 15 nitrogen and oxygen atoms in total. The van der Waals surface area contributed by atoms with E-state index in [0.717, 1.165) is 44.1 Å². The molecule has 4 aliphatic heterocycles. The Labute approximate surface area is 369 Å². The maximum absolute atomic E-state index is 15.7. The molecule has 2 bridgehead atoms. The van der Waals surface area contributed by atoms with Gasteiger partial charge in [-0.3, -0.25) is 19.2 Å². The number of nitrogens with one attached hydrogen (secondary N) is 1. The van der Waals surface area contributed by atoms with Crippen LogP contribution in [0.15, 0.2) is 60.7 Å². The summed E-state index contributed by atoms with van der Waals surface area (Å²) in [5.41, 5.74) is -0.161. The summed E-state index contributed by atoms with van der Waals surface area (Å²) in [6.07, 6.45) is 5.65. The fourth-order valence-corrected chi connectivity index (χ4v) is 9.94. The van der Waals surface area contributed by atoms with Crippen molar-refractivity contribution in [1.82, 2.24) is 15.3 Å². The van der Waals surface area contributed by atoms with E-state index in [1.165, 1.54) is 16.0 Å². The summed E-state index contributed by atoms with van der Waals surface area (Å²) in [7, 11) is 1.57. The van der Waals surface area contributed by atoms with Crippen molar-refractivity contribution >= 4 is 35.8 Å². The van der Waals surface area contributed by atoms with Gasteiger partial charge in [0.15, 0.2) is 11.8 Å². The van der Waals surface area contributed by atoms with E-state index in [0.29, 0.717) is 24.0 Å². The SMILES string of the molecule is CCCCCC1(CCCCC)O[C@@H]2[C@H]3ON(Cc4ccccc4C=CC(=O)O[C@H]4C(=O)OCC4(C)C)[C@H]4C(=O)OC(CC34C(=O)N(C)[C@H](Cc3ccccc3)C(=O)NCCO)[C@@H]2O1. The Bertz CT molecular complexity index is 2000. The number of carbonyl (C=O) groups excluding carboxylic acids is 5. The third-order valence-electron chi connectivity index (χ3n) is 13.3. The third kappa shape index (κ3) is 9.44. The summed E-state index contributed by atoms with van der Waals surface area (Å²) in [6.45, 7) is 7.70. The molecule has 5 aliphatic rings. The number of benzene rings is 2. The van der Waals surface area contributed by atoms with E-state index in [-0.39, 0.29) is 39.1 Å². The number of unbranched alkanes of at least 4 members (excludes halogenated alkanes) is 4. The molecule has 4 heterocycles. The number of ether oxygens (including phenoxy) is 5. The molecule has 63 heavy (non-hydrogen) atoms. The first-order valence-electron chi connectivity index (χ1n) is 22.6. The lowest BCUT2D eigenvalue weighted by Crippen LogP contribution is -2.70. The maximum Gasteiger partial charge on any atom is 0.348 e. The van der Waals surface area contributed by atoms with Gasteiger partial charge in [-0.1, -0.05) is 108 Å². The van der Waals surface area contributed by atoms with E-state index < -0.39 is 88.9 Å². The molecule has 0 aromatic heterocycles. The molecular formula is C48H63N3O12. The van der Waals surface area contributed by atoms with Crippen LogP contribution < -0.4 is 5.32 Å². The summed E-state index contributed by atoms with van der Waals surface area (Å²) >= 11 is 0. The number of aliphatic hydroxyl groups is 1. The first-order valence-corrected chi connectivity index (χ1v) is 22.6. The average Bonchev–Trinajstić information content (AvgIpc) is 3.91. The maximum atomic E-state index is 15.7. The Morgan fingerprint density at radius 3 is 2.30 bits per heavy atom. The summed E-state index contributed by atoms with van der Waals surface area (Å²) in [6, 6.07) is 14.3. The minimum atomic E-state index is -1.56. The molecule has 15 heteroatoms. The van der Waals surface area contributed by atoms with Gasteiger partial charge in [0.05, 0.1) is 13.2 Å². The number of rotatable bonds is 20. The second-order valence-electron chi connectivity index (χ2n) is 18.3. The van der Waals surface area contributed by atoms with E-state index in [1.54, 1.807) is 39.1 Å². The molecule has 2 unspecified atom stereocenters. The van der Waals surface area contributed by atoms with E-state index in [2.05, 4.69) is 19.2 Å². The molecule has 5 fully saturated rings. The van der Waals surface area contributed by atoms with E-state index in [4.69, 9.17) is 28.5 Å². The molecule has 2 aromatic rings. The van der Waals surface area contributed by atoms with Crippen LogP contribution in [0.25, 0.3) is 6.08 Å². The topological polar surface area (TPSA) is 179 Å². The zero-order valence-electron chi connectivity index (χ0n) is 37.1. The van der Waals surface area contributed by atoms with Gasteiger partial charge < -0.3 is 39.0 Å². The van der Waals surface area contributed by atoms with Gasteiger partial charge in [-0.05, 0) is 35.6 Å². The van der Waals surface area contributed by atoms with Crippen molar-refractivity contribution in [2.75, 3.05) is 26.8 Å². The van der Waals surface area contributed by atoms with Crippen molar-refractivity contribution in [3.63, 3.8) is 0 Å². The summed E-state index contributed by atoms with van der Waals surface area (Å²) < 4.78 is 30.9. The van der Waals surface area contributed by atoms with Crippen molar-refractivity contribution in [3.8, 4) is 0 Å². The van der Waals surface area contributed by atoms with Crippen molar-refractivity contribution in [2.24, 2.45) is 10.8 Å². The first-order chi connectivity index (χ1) is 30.3. The number of hydroxylamine groups is 2. The fourth-order valence-electron chi connectivity index (χ4n) is 9.94. The second kappa shape index (κ2) is 19.6. The number of amides is 2. The monoisotopic (exact) mass is 873 g/mol. The Morgan fingerprint density at radius 1 is 0.952 bits per heavy atom. The Balaban J connectivity index is 1.24. The van der Waals surface area contributed by atoms with Crippen LogP contribution in [0.4, 0.5) is 0 Å². The number of cyclic esters (lactones) is 1. The van der Waals surface area contributed by atoms with Crippen molar-refractivity contribution < 1.29 is 57.6 Å². The zero-order chi connectivity index (χ0) is 44.9. The lowest BCUT2D eigenvalue weighted by atomic mass is 9.62. The van der Waals surface area contributed by atoms with Gasteiger partial charge in [0.1, 0.15) is 42.5 Å². The predicted octanol–water partition coefficient (Wildman–Crippen LogP) is 4.81. The molecule has 1 aliphatic carbocycles. The van der Waals surface area contributed by atoms with Gasteiger partial charge in [-0.15, -0.1) is 0 Å². The highest BCUT2D eigenvalue weighted by molar-refractivity contribution is 5.96. The molecule has 8 atom stereocenters. The molecule has 342 valence electrons. The third-order valence-corrected chi connectivity index (χ3v) is 13.3. The molecular weight excluding hydrogens is 811 g/mol. The van der Waals surface area contributed by atoms with Gasteiger partial charge >= 0.3 is 17.9 Å². The minimum absolute atomic E-state index is 0.00195. The van der Waals surface area contributed by atoms with Gasteiger partial charge in [0.2, 0.25) is 17.9 Å². The lowest BCUT2D eigenvalue weighted by molar-refractivity contribution is -0.225. The van der Waals surface area contributed by atoms with Crippen LogP contribution in [0, 0.1) is 10.8 Å². The quantitative estimate of drug-likeness (QED) is 0.0802. The Hall–Kier alpha value is -4.67. The summed E-state index contributed by atoms with van der Waals surface area (Å²) in [4.78, 5) is 77.9.